The normalized spacial score (nSPS) is 19.4. The van der Waals surface area contributed by atoms with Crippen LogP contribution in [0, 0.1) is 5.92 Å². The monoisotopic (exact) mass is 278 g/mol. The maximum atomic E-state index is 12.4. The predicted octanol–water partition coefficient (Wildman–Crippen LogP) is 2.87. The number of ketones is 1. The molecule has 2 rings (SSSR count). The largest absolute Gasteiger partial charge is 0.497 e. The molecule has 0 unspecified atom stereocenters. The zero-order chi connectivity index (χ0) is 14.7. The minimum Gasteiger partial charge on any atom is -0.497 e. The van der Waals surface area contributed by atoms with E-state index in [1.807, 2.05) is 13.0 Å². The van der Waals surface area contributed by atoms with E-state index in [1.54, 1.807) is 27.4 Å². The van der Waals surface area contributed by atoms with Crippen molar-refractivity contribution in [3.8, 4) is 11.5 Å². The Morgan fingerprint density at radius 2 is 1.95 bits per heavy atom. The van der Waals surface area contributed by atoms with Gasteiger partial charge in [0.15, 0.2) is 5.78 Å². The summed E-state index contributed by atoms with van der Waals surface area (Å²) in [5, 5.41) is 0. The summed E-state index contributed by atoms with van der Waals surface area (Å²) in [4.78, 5) is 12.4. The molecule has 1 aliphatic carbocycles. The first-order chi connectivity index (χ1) is 9.58. The lowest BCUT2D eigenvalue weighted by molar-refractivity contribution is 0.0814. The molecule has 0 saturated heterocycles. The number of rotatable bonds is 5. The lowest BCUT2D eigenvalue weighted by Crippen LogP contribution is -2.24. The van der Waals surface area contributed by atoms with Crippen LogP contribution in [-0.2, 0) is 11.2 Å². The summed E-state index contributed by atoms with van der Waals surface area (Å²) in [6, 6.07) is 3.72. The van der Waals surface area contributed by atoms with Crippen LogP contribution in [0.4, 0.5) is 0 Å². The lowest BCUT2D eigenvalue weighted by atomic mass is 9.80. The van der Waals surface area contributed by atoms with Crippen LogP contribution in [0.1, 0.15) is 35.7 Å². The van der Waals surface area contributed by atoms with Gasteiger partial charge in [0.2, 0.25) is 0 Å². The first-order valence-corrected chi connectivity index (χ1v) is 6.89. The van der Waals surface area contributed by atoms with Crippen molar-refractivity contribution in [3.63, 3.8) is 0 Å². The predicted molar refractivity (Wildman–Crippen MR) is 76.8 cm³/mol. The van der Waals surface area contributed by atoms with Gasteiger partial charge in [-0.05, 0) is 37.3 Å². The highest BCUT2D eigenvalue weighted by Gasteiger charge is 2.29. The van der Waals surface area contributed by atoms with E-state index >= 15 is 0 Å². The fourth-order valence-corrected chi connectivity index (χ4v) is 2.88. The highest BCUT2D eigenvalue weighted by molar-refractivity contribution is 6.01. The summed E-state index contributed by atoms with van der Waals surface area (Å²) < 4.78 is 15.9. The van der Waals surface area contributed by atoms with E-state index in [0.717, 1.165) is 29.7 Å². The smallest absolute Gasteiger partial charge is 0.167 e. The van der Waals surface area contributed by atoms with E-state index in [0.29, 0.717) is 18.1 Å². The number of hydrogen-bond donors (Lipinski definition) is 0. The van der Waals surface area contributed by atoms with E-state index in [1.165, 1.54) is 0 Å². The molecule has 0 saturated carbocycles. The molecule has 1 aromatic carbocycles. The third-order valence-electron chi connectivity index (χ3n) is 3.94. The van der Waals surface area contributed by atoms with Crippen molar-refractivity contribution in [1.29, 1.82) is 0 Å². The molecule has 1 aliphatic rings. The highest BCUT2D eigenvalue weighted by Crippen LogP contribution is 2.37. The number of carbonyl (C=O) groups is 1. The van der Waals surface area contributed by atoms with Crippen molar-refractivity contribution in [3.05, 3.63) is 23.3 Å². The molecule has 0 spiro atoms. The van der Waals surface area contributed by atoms with Crippen molar-refractivity contribution >= 4 is 5.78 Å². The average molecular weight is 278 g/mol. The van der Waals surface area contributed by atoms with Crippen LogP contribution in [0.15, 0.2) is 12.1 Å². The van der Waals surface area contributed by atoms with Gasteiger partial charge in [-0.25, -0.2) is 0 Å². The Morgan fingerprint density at radius 1 is 1.20 bits per heavy atom. The Labute approximate surface area is 120 Å². The quantitative estimate of drug-likeness (QED) is 0.830. The van der Waals surface area contributed by atoms with E-state index in [9.17, 15) is 4.79 Å². The third-order valence-corrected chi connectivity index (χ3v) is 3.94. The number of benzene rings is 1. The molecule has 1 aromatic rings. The molecule has 0 radical (unpaired) electrons. The Bertz CT molecular complexity index is 495. The number of Topliss-reactive ketones (excluding diaryl/α,β-unsaturated/α-hetero) is 1. The minimum absolute atomic E-state index is 0.152. The van der Waals surface area contributed by atoms with Crippen molar-refractivity contribution in [1.82, 2.24) is 0 Å². The number of carbonyl (C=O) groups excluding carboxylic acids is 1. The zero-order valence-electron chi connectivity index (χ0n) is 12.6. The average Bonchev–Trinajstić information content (AvgIpc) is 2.45. The summed E-state index contributed by atoms with van der Waals surface area (Å²) in [5.41, 5.74) is 1.74. The molecule has 0 aromatic heterocycles. The summed E-state index contributed by atoms with van der Waals surface area (Å²) in [6.07, 6.45) is 2.48. The summed E-state index contributed by atoms with van der Waals surface area (Å²) in [6.45, 7) is 2.03. The fourth-order valence-electron chi connectivity index (χ4n) is 2.88. The Hall–Kier alpha value is -1.55. The second kappa shape index (κ2) is 6.27. The molecule has 20 heavy (non-hydrogen) atoms. The van der Waals surface area contributed by atoms with Gasteiger partial charge in [-0.15, -0.1) is 0 Å². The number of fused-ring (bicyclic) bond motifs is 1. The zero-order valence-corrected chi connectivity index (χ0v) is 12.6. The van der Waals surface area contributed by atoms with Gasteiger partial charge in [0, 0.05) is 19.6 Å². The molecule has 0 aliphatic heterocycles. The molecule has 0 fully saturated rings. The molecular formula is C16H22O4. The topological polar surface area (TPSA) is 44.8 Å². The number of hydrogen-bond acceptors (Lipinski definition) is 4. The van der Waals surface area contributed by atoms with E-state index in [4.69, 9.17) is 14.2 Å². The van der Waals surface area contributed by atoms with Crippen LogP contribution in [0.3, 0.4) is 0 Å². The van der Waals surface area contributed by atoms with Crippen LogP contribution in [0.2, 0.25) is 0 Å². The van der Waals surface area contributed by atoms with Crippen molar-refractivity contribution in [2.75, 3.05) is 21.3 Å². The summed E-state index contributed by atoms with van der Waals surface area (Å²) >= 11 is 0. The second-order valence-corrected chi connectivity index (χ2v) is 5.34. The summed E-state index contributed by atoms with van der Waals surface area (Å²) in [7, 11) is 4.91. The maximum Gasteiger partial charge on any atom is 0.167 e. The van der Waals surface area contributed by atoms with Crippen LogP contribution < -0.4 is 9.47 Å². The maximum absolute atomic E-state index is 12.4. The van der Waals surface area contributed by atoms with Crippen LogP contribution in [0.5, 0.6) is 11.5 Å². The van der Waals surface area contributed by atoms with Crippen LogP contribution in [-0.4, -0.2) is 33.2 Å². The Kier molecular flexibility index (Phi) is 4.65. The van der Waals surface area contributed by atoms with Crippen molar-refractivity contribution < 1.29 is 19.0 Å². The first-order valence-electron chi connectivity index (χ1n) is 6.89. The molecule has 2 atom stereocenters. The van der Waals surface area contributed by atoms with E-state index < -0.39 is 0 Å². The lowest BCUT2D eigenvalue weighted by Gasteiger charge is -2.27. The first kappa shape index (κ1) is 14.9. The van der Waals surface area contributed by atoms with Crippen LogP contribution in [0.25, 0.3) is 0 Å². The molecular weight excluding hydrogens is 256 g/mol. The van der Waals surface area contributed by atoms with Gasteiger partial charge in [-0.3, -0.25) is 4.79 Å². The number of methoxy groups -OCH3 is 3. The molecule has 0 heterocycles. The Balaban J connectivity index is 2.31. The van der Waals surface area contributed by atoms with Gasteiger partial charge >= 0.3 is 0 Å². The van der Waals surface area contributed by atoms with E-state index in [-0.39, 0.29) is 11.9 Å². The Morgan fingerprint density at radius 3 is 2.55 bits per heavy atom. The van der Waals surface area contributed by atoms with E-state index in [2.05, 4.69) is 0 Å². The minimum atomic E-state index is 0.152. The molecule has 0 bridgehead atoms. The molecule has 110 valence electrons. The molecule has 0 N–H and O–H groups in total. The second-order valence-electron chi connectivity index (χ2n) is 5.34. The fraction of sp³-hybridized carbons (Fsp3) is 0.562. The number of ether oxygens (including phenoxy) is 3. The SMILES string of the molecule is COc1cc2c(c(OC)c1)C(=O)C[C@H](C[C@H](C)OC)C2. The molecule has 4 heteroatoms. The summed E-state index contributed by atoms with van der Waals surface area (Å²) in [5.74, 6) is 1.82. The van der Waals surface area contributed by atoms with Gasteiger partial charge < -0.3 is 14.2 Å². The van der Waals surface area contributed by atoms with Gasteiger partial charge in [0.05, 0.1) is 25.9 Å². The highest BCUT2D eigenvalue weighted by atomic mass is 16.5. The van der Waals surface area contributed by atoms with Crippen molar-refractivity contribution in [2.24, 2.45) is 5.92 Å². The van der Waals surface area contributed by atoms with Gasteiger partial charge in [0.25, 0.3) is 0 Å². The standard InChI is InChI=1S/C16H22O4/c1-10(18-2)5-11-6-12-8-13(19-3)9-15(20-4)16(12)14(17)7-11/h8-11H,5-7H2,1-4H3/t10-,11+/m0/s1. The molecule has 0 amide bonds. The van der Waals surface area contributed by atoms with Gasteiger partial charge in [0.1, 0.15) is 11.5 Å². The third kappa shape index (κ3) is 2.96. The molecule has 4 nitrogen and oxygen atoms in total. The van der Waals surface area contributed by atoms with Crippen LogP contribution >= 0.6 is 0 Å². The van der Waals surface area contributed by atoms with Gasteiger partial charge in [-0.1, -0.05) is 0 Å². The van der Waals surface area contributed by atoms with Crippen molar-refractivity contribution in [2.45, 2.75) is 32.3 Å². The van der Waals surface area contributed by atoms with Gasteiger partial charge in [-0.2, -0.15) is 0 Å².